The molecule has 0 bridgehead atoms. The van der Waals surface area contributed by atoms with Crippen LogP contribution in [-0.4, -0.2) is 57.2 Å². The minimum Gasteiger partial charge on any atom is -0.443 e. The summed E-state index contributed by atoms with van der Waals surface area (Å²) in [5.41, 5.74) is -1.23. The van der Waals surface area contributed by atoms with Crippen LogP contribution in [0.3, 0.4) is 0 Å². The number of imide groups is 1. The average Bonchev–Trinajstić information content (AvgIpc) is 3.61. The van der Waals surface area contributed by atoms with Gasteiger partial charge in [-0.2, -0.15) is 4.90 Å². The summed E-state index contributed by atoms with van der Waals surface area (Å²) in [4.78, 5) is 38.6. The molecule has 0 radical (unpaired) electrons. The van der Waals surface area contributed by atoms with E-state index < -0.39 is 38.5 Å². The van der Waals surface area contributed by atoms with E-state index in [9.17, 15) is 18.0 Å². The number of ether oxygens (including phenoxy) is 2. The number of hydrogen-bond acceptors (Lipinski definition) is 12. The number of rotatable bonds is 7. The summed E-state index contributed by atoms with van der Waals surface area (Å²) in [5.74, 6) is -0.187. The summed E-state index contributed by atoms with van der Waals surface area (Å²) >= 11 is 4.88. The maximum absolute atomic E-state index is 13.5. The van der Waals surface area contributed by atoms with E-state index in [0.29, 0.717) is 20.7 Å². The molecule has 45 heavy (non-hydrogen) atoms. The normalized spacial score (nSPS) is 12.3. The second-order valence-corrected chi connectivity index (χ2v) is 16.4. The first-order valence-electron chi connectivity index (χ1n) is 13.9. The van der Waals surface area contributed by atoms with E-state index in [1.54, 1.807) is 67.5 Å². The molecule has 0 fully saturated rings. The number of amides is 2. The third-order valence-electron chi connectivity index (χ3n) is 5.85. The van der Waals surface area contributed by atoms with E-state index >= 15 is 0 Å². The molecule has 12 nitrogen and oxygen atoms in total. The molecule has 0 aliphatic heterocycles. The van der Waals surface area contributed by atoms with Gasteiger partial charge in [-0.15, -0.1) is 21.5 Å². The Morgan fingerprint density at radius 3 is 2.02 bits per heavy atom. The Morgan fingerprint density at radius 2 is 1.51 bits per heavy atom. The number of nitrogens with zero attached hydrogens (tertiary/aromatic N) is 5. The molecule has 0 unspecified atom stereocenters. The molecular formula is C30H34BrN5O7S2. The number of carbonyl (C=O) groups is 2. The van der Waals surface area contributed by atoms with Gasteiger partial charge in [-0.05, 0) is 79.7 Å². The highest BCUT2D eigenvalue weighted by molar-refractivity contribution is 9.08. The molecule has 3 heterocycles. The van der Waals surface area contributed by atoms with Crippen molar-refractivity contribution in [2.75, 3.05) is 4.90 Å². The van der Waals surface area contributed by atoms with Crippen LogP contribution in [0.25, 0.3) is 33.6 Å². The van der Waals surface area contributed by atoms with Crippen molar-refractivity contribution in [1.82, 2.24) is 20.2 Å². The van der Waals surface area contributed by atoms with Crippen LogP contribution in [-0.2, 0) is 24.6 Å². The van der Waals surface area contributed by atoms with Gasteiger partial charge in [0.15, 0.2) is 21.3 Å². The zero-order valence-corrected chi connectivity index (χ0v) is 29.3. The number of carbonyl (C=O) groups excluding carboxylic acids is 2. The van der Waals surface area contributed by atoms with Crippen molar-refractivity contribution in [2.45, 2.75) is 82.1 Å². The van der Waals surface area contributed by atoms with Crippen LogP contribution in [0.2, 0.25) is 0 Å². The number of alkyl halides is 1. The third-order valence-corrected chi connectivity index (χ3v) is 10.1. The van der Waals surface area contributed by atoms with E-state index in [4.69, 9.17) is 13.9 Å². The summed E-state index contributed by atoms with van der Waals surface area (Å²) in [6, 6.07) is 9.90. The molecule has 4 aromatic rings. The fraction of sp³-hybridized carbons (Fsp3) is 0.400. The van der Waals surface area contributed by atoms with Crippen LogP contribution in [0.15, 0.2) is 51.9 Å². The number of hydrogen-bond donors (Lipinski definition) is 0. The smallest absolute Gasteiger partial charge is 0.425 e. The molecule has 0 aliphatic rings. The molecule has 0 atom stereocenters. The number of thiophene rings is 1. The highest BCUT2D eigenvalue weighted by atomic mass is 79.9. The lowest BCUT2D eigenvalue weighted by molar-refractivity contribution is 0.0429. The van der Waals surface area contributed by atoms with Crippen molar-refractivity contribution in [3.8, 4) is 33.6 Å². The molecule has 0 N–H and O–H groups in total. The minimum atomic E-state index is -3.50. The largest absolute Gasteiger partial charge is 0.443 e. The number of aromatic nitrogens is 4. The van der Waals surface area contributed by atoms with Crippen molar-refractivity contribution in [3.05, 3.63) is 47.5 Å². The fourth-order valence-electron chi connectivity index (χ4n) is 3.76. The second kappa shape index (κ2) is 13.0. The molecule has 1 aromatic carbocycles. The van der Waals surface area contributed by atoms with Crippen molar-refractivity contribution in [2.24, 2.45) is 0 Å². The zero-order chi connectivity index (χ0) is 33.3. The maximum Gasteiger partial charge on any atom is 0.425 e. The van der Waals surface area contributed by atoms with Crippen molar-refractivity contribution < 1.29 is 31.9 Å². The first kappa shape index (κ1) is 34.2. The van der Waals surface area contributed by atoms with Crippen LogP contribution < -0.4 is 4.90 Å². The lowest BCUT2D eigenvalue weighted by atomic mass is 10.1. The van der Waals surface area contributed by atoms with E-state index in [1.807, 2.05) is 12.1 Å². The van der Waals surface area contributed by atoms with E-state index in [0.717, 1.165) is 4.88 Å². The second-order valence-electron chi connectivity index (χ2n) is 12.2. The summed E-state index contributed by atoms with van der Waals surface area (Å²) in [6.07, 6.45) is -0.766. The molecule has 4 rings (SSSR count). The highest BCUT2D eigenvalue weighted by Gasteiger charge is 2.37. The standard InChI is InChI=1S/C30H34BrN5O7S2/c1-17(2)45(39,40)20-12-9-18(10-13-20)21-16-32-24(36(27(37)42-29(3,4)5)28(38)43-30(6,7)8)23(33-21)26-35-34-25(41-26)22-14-11-19(15-31)44-22/h9-14,16-17H,15H2,1-8H3. The van der Waals surface area contributed by atoms with Gasteiger partial charge in [-0.25, -0.2) is 28.0 Å². The first-order chi connectivity index (χ1) is 20.9. The van der Waals surface area contributed by atoms with Gasteiger partial charge in [0.05, 0.1) is 26.9 Å². The molecule has 0 saturated heterocycles. The predicted molar refractivity (Wildman–Crippen MR) is 174 cm³/mol. The van der Waals surface area contributed by atoms with Crippen LogP contribution in [0.5, 0.6) is 0 Å². The van der Waals surface area contributed by atoms with Crippen molar-refractivity contribution in [1.29, 1.82) is 0 Å². The van der Waals surface area contributed by atoms with Crippen LogP contribution in [0.4, 0.5) is 15.4 Å². The average molecular weight is 721 g/mol. The Morgan fingerprint density at radius 1 is 0.933 bits per heavy atom. The molecule has 3 aromatic heterocycles. The van der Waals surface area contributed by atoms with E-state index in [-0.39, 0.29) is 33.9 Å². The molecule has 0 aliphatic carbocycles. The predicted octanol–water partition coefficient (Wildman–Crippen LogP) is 7.68. The third kappa shape index (κ3) is 8.13. The van der Waals surface area contributed by atoms with Gasteiger partial charge in [0.1, 0.15) is 11.2 Å². The van der Waals surface area contributed by atoms with Gasteiger partial charge in [0.2, 0.25) is 0 Å². The minimum absolute atomic E-state index is 0.0980. The lowest BCUT2D eigenvalue weighted by Crippen LogP contribution is -2.44. The number of anilines is 1. The summed E-state index contributed by atoms with van der Waals surface area (Å²) in [6.45, 7) is 13.2. The summed E-state index contributed by atoms with van der Waals surface area (Å²) in [7, 11) is -3.50. The van der Waals surface area contributed by atoms with Crippen LogP contribution >= 0.6 is 27.3 Å². The SMILES string of the molecule is CC(C)S(=O)(=O)c1ccc(-c2cnc(N(C(=O)OC(C)(C)C)C(=O)OC(C)(C)C)c(-c3nnc(-c4ccc(CBr)s4)o3)n2)cc1. The zero-order valence-electron chi connectivity index (χ0n) is 26.1. The fourth-order valence-corrected chi connectivity index (χ4v) is 6.13. The molecule has 0 spiro atoms. The van der Waals surface area contributed by atoms with Crippen LogP contribution in [0, 0.1) is 0 Å². The van der Waals surface area contributed by atoms with E-state index in [1.165, 1.54) is 29.7 Å². The Balaban J connectivity index is 1.89. The van der Waals surface area contributed by atoms with Gasteiger partial charge in [0, 0.05) is 15.8 Å². The number of halogens is 1. The Hall–Kier alpha value is -3.69. The molecule has 0 saturated carbocycles. The summed E-state index contributed by atoms with van der Waals surface area (Å²) < 4.78 is 42.4. The molecular weight excluding hydrogens is 686 g/mol. The molecule has 240 valence electrons. The Kier molecular flexibility index (Phi) is 9.85. The van der Waals surface area contributed by atoms with Gasteiger partial charge in [-0.3, -0.25) is 0 Å². The van der Waals surface area contributed by atoms with Gasteiger partial charge >= 0.3 is 12.2 Å². The van der Waals surface area contributed by atoms with Gasteiger partial charge in [-0.1, -0.05) is 28.1 Å². The van der Waals surface area contributed by atoms with Crippen LogP contribution in [0.1, 0.15) is 60.3 Å². The van der Waals surface area contributed by atoms with Crippen molar-refractivity contribution >= 4 is 55.1 Å². The van der Waals surface area contributed by atoms with Crippen molar-refractivity contribution in [3.63, 3.8) is 0 Å². The monoisotopic (exact) mass is 719 g/mol. The Bertz CT molecular complexity index is 1780. The Labute approximate surface area is 274 Å². The number of sulfone groups is 1. The number of benzene rings is 1. The van der Waals surface area contributed by atoms with Gasteiger partial charge in [0.25, 0.3) is 11.8 Å². The molecule has 2 amide bonds. The molecule has 15 heteroatoms. The summed E-state index contributed by atoms with van der Waals surface area (Å²) in [5, 5.41) is 8.40. The highest BCUT2D eigenvalue weighted by Crippen LogP contribution is 2.35. The van der Waals surface area contributed by atoms with Gasteiger partial charge < -0.3 is 13.9 Å². The first-order valence-corrected chi connectivity index (χ1v) is 17.3. The quantitative estimate of drug-likeness (QED) is 0.173. The van der Waals surface area contributed by atoms with E-state index in [2.05, 4.69) is 36.1 Å². The maximum atomic E-state index is 13.5. The lowest BCUT2D eigenvalue weighted by Gasteiger charge is -2.28. The topological polar surface area (TPSA) is 155 Å².